The highest BCUT2D eigenvalue weighted by Crippen LogP contribution is 2.26. The molecule has 1 aromatic heterocycles. The molecule has 0 amide bonds. The van der Waals surface area contributed by atoms with Crippen molar-refractivity contribution in [3.63, 3.8) is 0 Å². The minimum atomic E-state index is 0.772. The van der Waals surface area contributed by atoms with Crippen molar-refractivity contribution in [2.75, 3.05) is 0 Å². The van der Waals surface area contributed by atoms with Crippen molar-refractivity contribution in [1.82, 2.24) is 4.73 Å². The van der Waals surface area contributed by atoms with Crippen LogP contribution in [0.25, 0.3) is 23.1 Å². The molecule has 0 atom stereocenters. The van der Waals surface area contributed by atoms with Gasteiger partial charge in [0.05, 0.1) is 11.2 Å². The molecule has 0 aliphatic heterocycles. The first kappa shape index (κ1) is 9.59. The fourth-order valence-electron chi connectivity index (χ4n) is 1.80. The molecule has 0 fully saturated rings. The Balaban J connectivity index is 2.89. The zero-order chi connectivity index (χ0) is 10.8. The molecule has 0 bridgehead atoms. The van der Waals surface area contributed by atoms with Crippen LogP contribution >= 0.6 is 0 Å². The van der Waals surface area contributed by atoms with Crippen molar-refractivity contribution < 1.29 is 5.21 Å². The lowest BCUT2D eigenvalue weighted by Crippen LogP contribution is -1.92. The van der Waals surface area contributed by atoms with Gasteiger partial charge in [0.15, 0.2) is 0 Å². The topological polar surface area (TPSA) is 25.2 Å². The van der Waals surface area contributed by atoms with Gasteiger partial charge in [-0.15, -0.1) is 0 Å². The van der Waals surface area contributed by atoms with E-state index in [-0.39, 0.29) is 0 Å². The van der Waals surface area contributed by atoms with E-state index in [9.17, 15) is 5.21 Å². The lowest BCUT2D eigenvalue weighted by Gasteiger charge is -1.97. The smallest absolute Gasteiger partial charge is 0.0879 e. The van der Waals surface area contributed by atoms with Crippen LogP contribution < -0.4 is 0 Å². The van der Waals surface area contributed by atoms with Crippen LogP contribution in [-0.4, -0.2) is 9.94 Å². The predicted molar refractivity (Wildman–Crippen MR) is 63.9 cm³/mol. The Labute approximate surface area is 88.7 Å². The fraction of sp³-hybridized carbons (Fsp3) is 0.0769. The first-order valence-corrected chi connectivity index (χ1v) is 4.87. The molecule has 0 saturated heterocycles. The standard InChI is InChI=1S/C13H13NO/c1-3-7-12-10(4-2)11-8-5-6-9-13(11)14(12)15/h3-9,15H,2H2,1H3/b7-3-. The summed E-state index contributed by atoms with van der Waals surface area (Å²) in [7, 11) is 0. The van der Waals surface area contributed by atoms with E-state index in [1.807, 2.05) is 43.3 Å². The van der Waals surface area contributed by atoms with Crippen LogP contribution in [0.4, 0.5) is 0 Å². The van der Waals surface area contributed by atoms with Gasteiger partial charge in [0.2, 0.25) is 0 Å². The van der Waals surface area contributed by atoms with Crippen molar-refractivity contribution in [2.24, 2.45) is 0 Å². The normalized spacial score (nSPS) is 11.3. The molecule has 15 heavy (non-hydrogen) atoms. The van der Waals surface area contributed by atoms with Gasteiger partial charge in [-0.2, -0.15) is 4.73 Å². The van der Waals surface area contributed by atoms with Gasteiger partial charge in [0.1, 0.15) is 0 Å². The summed E-state index contributed by atoms with van der Waals surface area (Å²) in [6.45, 7) is 5.70. The highest BCUT2D eigenvalue weighted by molar-refractivity contribution is 5.93. The number of aromatic nitrogens is 1. The molecule has 0 radical (unpaired) electrons. The van der Waals surface area contributed by atoms with Crippen molar-refractivity contribution >= 4 is 23.1 Å². The maximum absolute atomic E-state index is 9.95. The van der Waals surface area contributed by atoms with Crippen LogP contribution in [0.1, 0.15) is 18.2 Å². The Bertz CT molecular complexity index is 535. The molecule has 0 spiro atoms. The maximum atomic E-state index is 9.95. The minimum absolute atomic E-state index is 0.772. The SMILES string of the molecule is C=Cc1c(/C=C\C)n(O)c2ccccc12. The Kier molecular flexibility index (Phi) is 2.34. The third-order valence-electron chi connectivity index (χ3n) is 2.46. The number of fused-ring (bicyclic) bond motifs is 1. The van der Waals surface area contributed by atoms with Gasteiger partial charge >= 0.3 is 0 Å². The molecular formula is C13H13NO. The van der Waals surface area contributed by atoms with Crippen molar-refractivity contribution in [3.05, 3.63) is 48.2 Å². The van der Waals surface area contributed by atoms with Crippen LogP contribution in [0.15, 0.2) is 36.9 Å². The Hall–Kier alpha value is -1.96. The molecule has 0 aliphatic carbocycles. The summed E-state index contributed by atoms with van der Waals surface area (Å²) in [4.78, 5) is 0. The van der Waals surface area contributed by atoms with E-state index < -0.39 is 0 Å². The highest BCUT2D eigenvalue weighted by Gasteiger charge is 2.11. The molecule has 0 aliphatic rings. The largest absolute Gasteiger partial charge is 0.428 e. The van der Waals surface area contributed by atoms with E-state index in [0.717, 1.165) is 22.2 Å². The molecule has 2 rings (SSSR count). The Morgan fingerprint density at radius 1 is 1.33 bits per heavy atom. The van der Waals surface area contributed by atoms with Crippen molar-refractivity contribution in [2.45, 2.75) is 6.92 Å². The lowest BCUT2D eigenvalue weighted by atomic mass is 10.1. The number of allylic oxidation sites excluding steroid dienone is 1. The molecule has 1 aromatic carbocycles. The fourth-order valence-corrected chi connectivity index (χ4v) is 1.80. The van der Waals surface area contributed by atoms with Gasteiger partial charge in [-0.25, -0.2) is 0 Å². The number of nitrogens with zero attached hydrogens (tertiary/aromatic N) is 1. The van der Waals surface area contributed by atoms with E-state index in [1.54, 1.807) is 6.08 Å². The Morgan fingerprint density at radius 2 is 2.07 bits per heavy atom. The summed E-state index contributed by atoms with van der Waals surface area (Å²) in [6.07, 6.45) is 5.54. The minimum Gasteiger partial charge on any atom is -0.428 e. The van der Waals surface area contributed by atoms with E-state index >= 15 is 0 Å². The summed E-state index contributed by atoms with van der Waals surface area (Å²) in [6, 6.07) is 7.72. The number of hydrogen-bond acceptors (Lipinski definition) is 1. The first-order chi connectivity index (χ1) is 7.29. The molecule has 76 valence electrons. The highest BCUT2D eigenvalue weighted by atomic mass is 16.5. The van der Waals surface area contributed by atoms with E-state index in [0.29, 0.717) is 0 Å². The van der Waals surface area contributed by atoms with Crippen molar-refractivity contribution in [1.29, 1.82) is 0 Å². The van der Waals surface area contributed by atoms with Gasteiger partial charge in [-0.3, -0.25) is 0 Å². The van der Waals surface area contributed by atoms with Crippen LogP contribution in [-0.2, 0) is 0 Å². The lowest BCUT2D eigenvalue weighted by molar-refractivity contribution is 0.198. The predicted octanol–water partition coefficient (Wildman–Crippen LogP) is 3.55. The number of hydrogen-bond donors (Lipinski definition) is 1. The first-order valence-electron chi connectivity index (χ1n) is 4.87. The molecule has 1 N–H and O–H groups in total. The number of rotatable bonds is 2. The molecule has 2 heteroatoms. The van der Waals surface area contributed by atoms with Gasteiger partial charge in [-0.1, -0.05) is 36.9 Å². The number of para-hydroxylation sites is 1. The van der Waals surface area contributed by atoms with E-state index in [1.165, 1.54) is 4.73 Å². The number of benzene rings is 1. The monoisotopic (exact) mass is 199 g/mol. The summed E-state index contributed by atoms with van der Waals surface area (Å²) in [5.41, 5.74) is 2.54. The molecule has 0 saturated carbocycles. The molecular weight excluding hydrogens is 186 g/mol. The molecule has 2 nitrogen and oxygen atoms in total. The summed E-state index contributed by atoms with van der Waals surface area (Å²) in [5.74, 6) is 0. The average Bonchev–Trinajstić information content (AvgIpc) is 2.54. The summed E-state index contributed by atoms with van der Waals surface area (Å²) in [5, 5.41) is 11.0. The molecule has 1 heterocycles. The second-order valence-electron chi connectivity index (χ2n) is 3.33. The second kappa shape index (κ2) is 3.65. The summed E-state index contributed by atoms with van der Waals surface area (Å²) >= 11 is 0. The van der Waals surface area contributed by atoms with Crippen molar-refractivity contribution in [3.8, 4) is 0 Å². The summed E-state index contributed by atoms with van der Waals surface area (Å²) < 4.78 is 1.20. The van der Waals surface area contributed by atoms with Gasteiger partial charge in [0.25, 0.3) is 0 Å². The van der Waals surface area contributed by atoms with E-state index in [4.69, 9.17) is 0 Å². The quantitative estimate of drug-likeness (QED) is 0.735. The van der Waals surface area contributed by atoms with Crippen LogP contribution in [0, 0.1) is 0 Å². The molecule has 2 aromatic rings. The third kappa shape index (κ3) is 1.34. The van der Waals surface area contributed by atoms with Gasteiger partial charge in [-0.05, 0) is 19.1 Å². The molecule has 0 unspecified atom stereocenters. The Morgan fingerprint density at radius 3 is 2.73 bits per heavy atom. The average molecular weight is 199 g/mol. The van der Waals surface area contributed by atoms with Gasteiger partial charge < -0.3 is 5.21 Å². The zero-order valence-corrected chi connectivity index (χ0v) is 8.64. The van der Waals surface area contributed by atoms with Gasteiger partial charge in [0, 0.05) is 10.9 Å². The third-order valence-corrected chi connectivity index (χ3v) is 2.46. The van der Waals surface area contributed by atoms with Crippen LogP contribution in [0.3, 0.4) is 0 Å². The van der Waals surface area contributed by atoms with Crippen LogP contribution in [0.5, 0.6) is 0 Å². The van der Waals surface area contributed by atoms with E-state index in [2.05, 4.69) is 6.58 Å². The van der Waals surface area contributed by atoms with Crippen LogP contribution in [0.2, 0.25) is 0 Å². The zero-order valence-electron chi connectivity index (χ0n) is 8.64. The second-order valence-corrected chi connectivity index (χ2v) is 3.33. The maximum Gasteiger partial charge on any atom is 0.0879 e.